The van der Waals surface area contributed by atoms with Crippen LogP contribution in [0.5, 0.6) is 0 Å². The Hall–Kier alpha value is -5.04. The number of benzene rings is 4. The summed E-state index contributed by atoms with van der Waals surface area (Å²) < 4.78 is 0. The SMILES string of the molecule is CP.C[PH+](c1ccccc1)c1ccccc1.Cc1n[n-]c(-c2ccccn2)n1.Cc1n[n-]c(-c2ccccn2)n1.[Os+2].c1ccc(-c2ccccc2)cc1. The van der Waals surface area contributed by atoms with Crippen LogP contribution in [0.3, 0.4) is 0 Å². The molecule has 53 heavy (non-hydrogen) atoms. The van der Waals surface area contributed by atoms with Crippen LogP contribution < -0.4 is 20.8 Å². The van der Waals surface area contributed by atoms with Gasteiger partial charge in [-0.1, -0.05) is 116 Å². The van der Waals surface area contributed by atoms with Crippen molar-refractivity contribution in [3.05, 3.63) is 182 Å². The molecule has 0 N–H and O–H groups in total. The molecule has 8 aromatic rings. The van der Waals surface area contributed by atoms with Crippen molar-refractivity contribution < 1.29 is 19.8 Å². The molecule has 8 rings (SSSR count). The van der Waals surface area contributed by atoms with E-state index in [4.69, 9.17) is 0 Å². The van der Waals surface area contributed by atoms with Gasteiger partial charge in [0.15, 0.2) is 0 Å². The van der Waals surface area contributed by atoms with Gasteiger partial charge in [-0.3, -0.25) is 20.2 Å². The Bertz CT molecular complexity index is 1930. The number of aromatic nitrogens is 8. The van der Waals surface area contributed by atoms with E-state index < -0.39 is 7.92 Å². The van der Waals surface area contributed by atoms with Crippen LogP contribution in [0.25, 0.3) is 34.2 Å². The van der Waals surface area contributed by atoms with E-state index in [2.05, 4.69) is 165 Å². The molecule has 0 fully saturated rings. The van der Waals surface area contributed by atoms with Crippen molar-refractivity contribution in [3.8, 4) is 34.2 Å². The number of nitrogens with zero attached hydrogens (tertiary/aromatic N) is 8. The second-order valence-corrected chi connectivity index (χ2v) is 13.3. The van der Waals surface area contributed by atoms with Crippen molar-refractivity contribution in [2.45, 2.75) is 13.8 Å². The summed E-state index contributed by atoms with van der Waals surface area (Å²) in [5.74, 6) is 2.53. The maximum Gasteiger partial charge on any atom is 2.00 e. The van der Waals surface area contributed by atoms with E-state index in [1.807, 2.05) is 55.2 Å². The molecule has 0 radical (unpaired) electrons. The summed E-state index contributed by atoms with van der Waals surface area (Å²) >= 11 is 0. The van der Waals surface area contributed by atoms with Gasteiger partial charge < -0.3 is 20.2 Å². The van der Waals surface area contributed by atoms with Crippen LogP contribution in [-0.4, -0.2) is 43.5 Å². The zero-order valence-corrected chi connectivity index (χ0v) is 34.9. The monoisotopic (exact) mass is 913 g/mol. The van der Waals surface area contributed by atoms with Crippen LogP contribution in [-0.2, 0) is 19.8 Å². The summed E-state index contributed by atoms with van der Waals surface area (Å²) in [6.45, 7) is 7.87. The largest absolute Gasteiger partial charge is 2.00 e. The minimum Gasteiger partial charge on any atom is -0.421 e. The molecule has 4 heterocycles. The second-order valence-electron chi connectivity index (χ2n) is 10.9. The van der Waals surface area contributed by atoms with Gasteiger partial charge in [0, 0.05) is 24.0 Å². The molecule has 0 saturated heterocycles. The summed E-state index contributed by atoms with van der Waals surface area (Å²) in [5.41, 5.74) is 4.08. The van der Waals surface area contributed by atoms with Crippen molar-refractivity contribution in [3.63, 3.8) is 0 Å². The molecule has 0 saturated carbocycles. The van der Waals surface area contributed by atoms with E-state index in [9.17, 15) is 0 Å². The van der Waals surface area contributed by atoms with Crippen LogP contribution in [0.1, 0.15) is 11.6 Å². The number of rotatable bonds is 5. The van der Waals surface area contributed by atoms with Crippen LogP contribution >= 0.6 is 17.2 Å². The molecule has 0 aliphatic rings. The predicted molar refractivity (Wildman–Crippen MR) is 221 cm³/mol. The van der Waals surface area contributed by atoms with Crippen LogP contribution in [0.15, 0.2) is 170 Å². The number of pyridine rings is 2. The first-order valence-electron chi connectivity index (χ1n) is 16.7. The Morgan fingerprint density at radius 2 is 0.774 bits per heavy atom. The Morgan fingerprint density at radius 1 is 0.453 bits per heavy atom. The molecule has 268 valence electrons. The second kappa shape index (κ2) is 24.2. The zero-order valence-electron chi connectivity index (χ0n) is 30.2. The molecular formula is C42H43N8OsP2+. The predicted octanol–water partition coefficient (Wildman–Crippen LogP) is 7.93. The molecular weight excluding hydrogens is 869 g/mol. The summed E-state index contributed by atoms with van der Waals surface area (Å²) in [7, 11) is 1.87. The zero-order chi connectivity index (χ0) is 36.8. The molecule has 0 amide bonds. The average molecular weight is 912 g/mol. The number of aryl methyl sites for hydroxylation is 2. The number of hydrogen-bond donors (Lipinski definition) is 0. The normalized spacial score (nSPS) is 9.62. The van der Waals surface area contributed by atoms with E-state index in [1.165, 1.54) is 21.7 Å². The standard InChI is InChI=1S/C13H13P.C12H10.2C8H7N4.CH5P.Os/c1-14(12-8-4-2-5-9-12)13-10-6-3-7-11-13;1-3-7-11(8-4-1)12-9-5-2-6-10-12;2*1-6-10-8(12-11-6)7-4-2-3-5-9-7;1-2;/h2-11H,1H3;1-10H;2*2-5H,1H3;2H2,1H3;/q;;2*-1;;+2/p+1. The van der Waals surface area contributed by atoms with Gasteiger partial charge in [0.05, 0.1) is 36.6 Å². The van der Waals surface area contributed by atoms with Gasteiger partial charge in [0.25, 0.3) is 0 Å². The first-order valence-corrected chi connectivity index (χ1v) is 19.9. The molecule has 8 nitrogen and oxygen atoms in total. The molecule has 0 bridgehead atoms. The van der Waals surface area contributed by atoms with Crippen molar-refractivity contribution in [1.29, 1.82) is 0 Å². The molecule has 11 heteroatoms. The van der Waals surface area contributed by atoms with Gasteiger partial charge in [-0.2, -0.15) is 0 Å². The smallest absolute Gasteiger partial charge is 0.421 e. The third-order valence-electron chi connectivity index (χ3n) is 7.20. The minimum absolute atomic E-state index is 0. The Kier molecular flexibility index (Phi) is 19.4. The fourth-order valence-electron chi connectivity index (χ4n) is 4.65. The van der Waals surface area contributed by atoms with E-state index in [0.29, 0.717) is 23.3 Å². The topological polar surface area (TPSA) is 106 Å². The number of hydrogen-bond acceptors (Lipinski definition) is 6. The van der Waals surface area contributed by atoms with Gasteiger partial charge in [-0.05, 0) is 85.2 Å². The van der Waals surface area contributed by atoms with Crippen molar-refractivity contribution in [2.24, 2.45) is 0 Å². The fraction of sp³-hybridized carbons (Fsp3) is 0.0952. The summed E-state index contributed by atoms with van der Waals surface area (Å²) in [5, 5.41) is 18.3. The van der Waals surface area contributed by atoms with Crippen LogP contribution in [0.4, 0.5) is 0 Å². The van der Waals surface area contributed by atoms with Gasteiger partial charge in [-0.15, -0.1) is 9.24 Å². The Balaban J connectivity index is 0.000000186. The van der Waals surface area contributed by atoms with Gasteiger partial charge in [-0.25, -0.2) is 0 Å². The third-order valence-corrected chi connectivity index (χ3v) is 9.60. The molecule has 1 unspecified atom stereocenters. The van der Waals surface area contributed by atoms with Crippen molar-refractivity contribution >= 4 is 27.8 Å². The molecule has 0 aliphatic heterocycles. The molecule has 4 aromatic carbocycles. The van der Waals surface area contributed by atoms with Crippen LogP contribution in [0, 0.1) is 13.8 Å². The average Bonchev–Trinajstić information content (AvgIpc) is 3.89. The van der Waals surface area contributed by atoms with E-state index in [-0.39, 0.29) is 19.8 Å². The van der Waals surface area contributed by atoms with Crippen LogP contribution in [0.2, 0.25) is 0 Å². The van der Waals surface area contributed by atoms with Gasteiger partial charge in [0.1, 0.15) is 0 Å². The minimum atomic E-state index is -0.545. The van der Waals surface area contributed by atoms with Gasteiger partial charge in [0.2, 0.25) is 0 Å². The first-order chi connectivity index (χ1) is 25.6. The first kappa shape index (κ1) is 42.4. The summed E-state index contributed by atoms with van der Waals surface area (Å²) in [6.07, 6.45) is 3.42. The fourth-order valence-corrected chi connectivity index (χ4v) is 6.36. The van der Waals surface area contributed by atoms with Crippen molar-refractivity contribution in [2.75, 3.05) is 13.3 Å². The molecule has 0 spiro atoms. The molecule has 4 aromatic heterocycles. The summed E-state index contributed by atoms with van der Waals surface area (Å²) in [4.78, 5) is 16.4. The van der Waals surface area contributed by atoms with E-state index >= 15 is 0 Å². The molecule has 0 aliphatic carbocycles. The van der Waals surface area contributed by atoms with E-state index in [1.54, 1.807) is 26.2 Å². The quantitative estimate of drug-likeness (QED) is 0.161. The Morgan fingerprint density at radius 3 is 1.06 bits per heavy atom. The summed E-state index contributed by atoms with van der Waals surface area (Å²) in [6, 6.07) is 53.5. The maximum atomic E-state index is 4.10. The third kappa shape index (κ3) is 14.5. The van der Waals surface area contributed by atoms with Crippen molar-refractivity contribution in [1.82, 2.24) is 40.3 Å². The Labute approximate surface area is 329 Å². The van der Waals surface area contributed by atoms with E-state index in [0.717, 1.165) is 11.4 Å². The van der Waals surface area contributed by atoms with Gasteiger partial charge >= 0.3 is 19.8 Å². The molecule has 1 atom stereocenters. The maximum absolute atomic E-state index is 4.10.